The van der Waals surface area contributed by atoms with Gasteiger partial charge in [0.1, 0.15) is 11.7 Å². The van der Waals surface area contributed by atoms with E-state index in [0.29, 0.717) is 0 Å². The van der Waals surface area contributed by atoms with E-state index in [0.717, 1.165) is 0 Å². The van der Waals surface area contributed by atoms with Crippen LogP contribution in [0.15, 0.2) is 29.8 Å². The van der Waals surface area contributed by atoms with E-state index in [1.54, 1.807) is 11.3 Å². The molecule has 0 fully saturated rings. The number of nitrogens with zero attached hydrogens (tertiary/aromatic N) is 1. The van der Waals surface area contributed by atoms with E-state index >= 15 is 0 Å². The second-order valence-corrected chi connectivity index (χ2v) is 6.06. The summed E-state index contributed by atoms with van der Waals surface area (Å²) < 4.78 is 62.7. The minimum atomic E-state index is -10.7. The van der Waals surface area contributed by atoms with Gasteiger partial charge in [-0.3, -0.25) is 0 Å². The summed E-state index contributed by atoms with van der Waals surface area (Å²) in [6.07, 6.45) is 0. The number of para-hydroxylation sites is 1. The van der Waals surface area contributed by atoms with Crippen molar-refractivity contribution < 1.29 is 29.7 Å². The zero-order valence-electron chi connectivity index (χ0n) is 8.46. The van der Waals surface area contributed by atoms with Gasteiger partial charge in [0.05, 0.1) is 0 Å². The van der Waals surface area contributed by atoms with Crippen molar-refractivity contribution >= 4 is 29.4 Å². The Labute approximate surface area is 96.5 Å². The molecule has 1 aromatic heterocycles. The molecule has 17 heavy (non-hydrogen) atoms. The topological polar surface area (TPSA) is 3.88 Å². The number of aromatic nitrogens is 1. The van der Waals surface area contributed by atoms with Gasteiger partial charge in [-0.05, 0) is 6.07 Å². The number of fused-ring (bicyclic) bond motifs is 1. The first-order valence-corrected chi connectivity index (χ1v) is 7.12. The summed E-state index contributed by atoms with van der Waals surface area (Å²) in [6.45, 7) is 0. The molecule has 0 saturated carbocycles. The van der Waals surface area contributed by atoms with Crippen LogP contribution in [-0.2, 0) is 7.05 Å². The first-order chi connectivity index (χ1) is 7.33. The van der Waals surface area contributed by atoms with Crippen LogP contribution >= 0.6 is 19.1 Å². The summed E-state index contributed by atoms with van der Waals surface area (Å²) >= 11 is 1.78. The van der Waals surface area contributed by atoms with Crippen molar-refractivity contribution in [3.63, 3.8) is 0 Å². The van der Waals surface area contributed by atoms with Gasteiger partial charge in [0.15, 0.2) is 0 Å². The molecule has 2 rings (SSSR count). The third kappa shape index (κ3) is 7.12. The van der Waals surface area contributed by atoms with Crippen molar-refractivity contribution in [3.8, 4) is 0 Å². The maximum atomic E-state index is 9.87. The molecular formula is C8H8F6NPS. The Morgan fingerprint density at radius 1 is 1.00 bits per heavy atom. The SMILES string of the molecule is C[n+]1csc2ccccc21.F[P-](F)(F)(F)(F)F. The predicted molar refractivity (Wildman–Crippen MR) is 56.6 cm³/mol. The number of rotatable bonds is 0. The molecule has 0 amide bonds. The fourth-order valence-corrected chi connectivity index (χ4v) is 1.92. The average molecular weight is 295 g/mol. The average Bonchev–Trinajstić information content (AvgIpc) is 2.43. The van der Waals surface area contributed by atoms with Gasteiger partial charge in [0.25, 0.3) is 0 Å². The van der Waals surface area contributed by atoms with E-state index in [9.17, 15) is 25.2 Å². The van der Waals surface area contributed by atoms with Gasteiger partial charge in [-0.2, -0.15) is 4.57 Å². The molecular weight excluding hydrogens is 287 g/mol. The van der Waals surface area contributed by atoms with Crippen LogP contribution < -0.4 is 4.57 Å². The molecule has 0 unspecified atom stereocenters. The zero-order chi connectivity index (χ0) is 13.4. The Morgan fingerprint density at radius 2 is 1.47 bits per heavy atom. The molecule has 0 radical (unpaired) electrons. The number of aryl methyl sites for hydroxylation is 1. The molecule has 2 aromatic rings. The molecule has 1 aromatic carbocycles. The molecule has 9 heteroatoms. The molecule has 0 spiro atoms. The Morgan fingerprint density at radius 3 is 1.94 bits per heavy atom. The van der Waals surface area contributed by atoms with Crippen LogP contribution in [0.3, 0.4) is 0 Å². The summed E-state index contributed by atoms with van der Waals surface area (Å²) in [5.74, 6) is 0. The van der Waals surface area contributed by atoms with Gasteiger partial charge in [0, 0.05) is 6.07 Å². The summed E-state index contributed by atoms with van der Waals surface area (Å²) in [4.78, 5) is 0. The molecule has 0 aliphatic carbocycles. The number of hydrogen-bond donors (Lipinski definition) is 0. The van der Waals surface area contributed by atoms with Crippen molar-refractivity contribution in [1.29, 1.82) is 0 Å². The van der Waals surface area contributed by atoms with Crippen LogP contribution in [0.5, 0.6) is 0 Å². The minimum absolute atomic E-state index is 1.31. The van der Waals surface area contributed by atoms with Crippen molar-refractivity contribution in [2.45, 2.75) is 0 Å². The Balaban J connectivity index is 0.000000185. The van der Waals surface area contributed by atoms with E-state index in [1.807, 2.05) is 0 Å². The summed E-state index contributed by atoms with van der Waals surface area (Å²) in [6, 6.07) is 8.40. The van der Waals surface area contributed by atoms with E-state index in [4.69, 9.17) is 0 Å². The summed E-state index contributed by atoms with van der Waals surface area (Å²) in [5, 5.41) is 0. The number of halogens is 6. The van der Waals surface area contributed by atoms with Crippen molar-refractivity contribution in [2.75, 3.05) is 0 Å². The van der Waals surface area contributed by atoms with Crippen LogP contribution in [0, 0.1) is 0 Å². The van der Waals surface area contributed by atoms with Gasteiger partial charge >= 0.3 is 33.0 Å². The van der Waals surface area contributed by atoms with Crippen LogP contribution in [0.4, 0.5) is 25.2 Å². The molecule has 1 heterocycles. The van der Waals surface area contributed by atoms with Gasteiger partial charge in [-0.15, -0.1) is 0 Å². The summed E-state index contributed by atoms with van der Waals surface area (Å²) in [5.41, 5.74) is 3.43. The van der Waals surface area contributed by atoms with E-state index in [1.165, 1.54) is 10.2 Å². The zero-order valence-corrected chi connectivity index (χ0v) is 10.2. The molecule has 0 aliphatic heterocycles. The van der Waals surface area contributed by atoms with Crippen molar-refractivity contribution in [1.82, 2.24) is 0 Å². The third-order valence-corrected chi connectivity index (χ3v) is 2.60. The quantitative estimate of drug-likeness (QED) is 0.361. The normalized spacial score (nSPS) is 15.7. The second-order valence-electron chi connectivity index (χ2n) is 3.26. The van der Waals surface area contributed by atoms with Crippen LogP contribution in [-0.4, -0.2) is 0 Å². The fraction of sp³-hybridized carbons (Fsp3) is 0.125. The third-order valence-electron chi connectivity index (χ3n) is 1.58. The Kier molecular flexibility index (Phi) is 2.97. The van der Waals surface area contributed by atoms with E-state index < -0.39 is 7.81 Å². The second kappa shape index (κ2) is 3.55. The van der Waals surface area contributed by atoms with Crippen LogP contribution in [0.25, 0.3) is 10.2 Å². The van der Waals surface area contributed by atoms with Crippen LogP contribution in [0.1, 0.15) is 0 Å². The Bertz CT molecular complexity index is 519. The van der Waals surface area contributed by atoms with E-state index in [-0.39, 0.29) is 0 Å². The first-order valence-electron chi connectivity index (χ1n) is 4.21. The number of benzene rings is 1. The van der Waals surface area contributed by atoms with Crippen molar-refractivity contribution in [3.05, 3.63) is 29.8 Å². The first kappa shape index (κ1) is 14.2. The summed E-state index contributed by atoms with van der Waals surface area (Å²) in [7, 11) is -8.59. The van der Waals surface area contributed by atoms with E-state index in [2.05, 4.69) is 41.4 Å². The monoisotopic (exact) mass is 295 g/mol. The molecule has 0 atom stereocenters. The van der Waals surface area contributed by atoms with Gasteiger partial charge in [0.2, 0.25) is 11.0 Å². The molecule has 0 N–H and O–H groups in total. The van der Waals surface area contributed by atoms with Gasteiger partial charge in [-0.1, -0.05) is 23.5 Å². The molecule has 98 valence electrons. The molecule has 0 bridgehead atoms. The van der Waals surface area contributed by atoms with Crippen LogP contribution in [0.2, 0.25) is 0 Å². The van der Waals surface area contributed by atoms with Gasteiger partial charge < -0.3 is 0 Å². The molecule has 1 nitrogen and oxygen atoms in total. The number of thiazole rings is 1. The molecule has 0 saturated heterocycles. The predicted octanol–water partition coefficient (Wildman–Crippen LogP) is 5.11. The van der Waals surface area contributed by atoms with Gasteiger partial charge in [-0.25, -0.2) is 0 Å². The number of hydrogen-bond acceptors (Lipinski definition) is 1. The fourth-order valence-electron chi connectivity index (χ4n) is 1.04. The standard InChI is InChI=1S/C8H8NS.F6P/c1-9-6-10-8-5-3-2-4-7(8)9;1-7(2,3,4,5)6/h2-6H,1H3;/q+1;-1. The van der Waals surface area contributed by atoms with Crippen molar-refractivity contribution in [2.24, 2.45) is 7.05 Å². The Hall–Kier alpha value is -0.880. The molecule has 0 aliphatic rings. The maximum absolute atomic E-state index is 10.7.